The molecule has 7 heteroatoms. The van der Waals surface area contributed by atoms with Crippen LogP contribution in [0.15, 0.2) is 60.0 Å². The number of rotatable bonds is 4. The zero-order valence-electron chi connectivity index (χ0n) is 12.9. The Morgan fingerprint density at radius 3 is 2.88 bits per heavy atom. The van der Waals surface area contributed by atoms with E-state index in [-0.39, 0.29) is 0 Å². The summed E-state index contributed by atoms with van der Waals surface area (Å²) in [7, 11) is 1.63. The minimum absolute atomic E-state index is 0.539. The molecule has 7 nitrogen and oxygen atoms in total. The fraction of sp³-hybridized carbons (Fsp3) is 0.0588. The van der Waals surface area contributed by atoms with E-state index in [1.165, 1.54) is 0 Å². The molecule has 0 aliphatic rings. The first-order valence-electron chi connectivity index (χ1n) is 7.37. The molecule has 0 radical (unpaired) electrons. The fourth-order valence-electron chi connectivity index (χ4n) is 2.52. The highest BCUT2D eigenvalue weighted by atomic mass is 16.5. The summed E-state index contributed by atoms with van der Waals surface area (Å²) in [6, 6.07) is 15.4. The lowest BCUT2D eigenvalue weighted by Crippen LogP contribution is -2.00. The second kappa shape index (κ2) is 5.96. The number of fused-ring (bicyclic) bond motifs is 3. The molecule has 0 aliphatic carbocycles. The third-order valence-corrected chi connectivity index (χ3v) is 3.65. The summed E-state index contributed by atoms with van der Waals surface area (Å²) in [5.41, 5.74) is 6.20. The van der Waals surface area contributed by atoms with Crippen LogP contribution in [0.25, 0.3) is 16.7 Å². The van der Waals surface area contributed by atoms with Crippen LogP contribution < -0.4 is 10.2 Å². The standard InChI is InChI=1S/C17H14N6O/c1-24-15-9-5-2-6-12(15)10-18-21-16-17-22-19-11-23(17)14-8-4-3-7-13(14)20-16/h2-11H,1H3,(H,20,21)/b18-10-. The van der Waals surface area contributed by atoms with Crippen molar-refractivity contribution in [3.8, 4) is 5.75 Å². The van der Waals surface area contributed by atoms with Crippen LogP contribution >= 0.6 is 0 Å². The van der Waals surface area contributed by atoms with E-state index in [0.717, 1.165) is 22.3 Å². The van der Waals surface area contributed by atoms with Crippen molar-refractivity contribution in [2.45, 2.75) is 0 Å². The summed E-state index contributed by atoms with van der Waals surface area (Å²) in [6.45, 7) is 0. The molecule has 0 fully saturated rings. The fourth-order valence-corrected chi connectivity index (χ4v) is 2.52. The van der Waals surface area contributed by atoms with Crippen LogP contribution in [-0.4, -0.2) is 32.9 Å². The van der Waals surface area contributed by atoms with Crippen molar-refractivity contribution in [2.75, 3.05) is 12.5 Å². The zero-order valence-corrected chi connectivity index (χ0v) is 12.9. The molecule has 0 bridgehead atoms. The summed E-state index contributed by atoms with van der Waals surface area (Å²) in [5, 5.41) is 12.3. The summed E-state index contributed by atoms with van der Waals surface area (Å²) in [5.74, 6) is 1.29. The Hall–Kier alpha value is -3.48. The maximum Gasteiger partial charge on any atom is 0.205 e. The van der Waals surface area contributed by atoms with Gasteiger partial charge < -0.3 is 4.74 Å². The lowest BCUT2D eigenvalue weighted by atomic mass is 10.2. The van der Waals surface area contributed by atoms with E-state index in [2.05, 4.69) is 25.7 Å². The SMILES string of the molecule is COc1ccccc1/C=N\Nc1nc2ccccc2n2cnnc12. The summed E-state index contributed by atoms with van der Waals surface area (Å²) in [6.07, 6.45) is 3.34. The lowest BCUT2D eigenvalue weighted by molar-refractivity contribution is 0.414. The molecule has 0 aliphatic heterocycles. The average Bonchev–Trinajstić information content (AvgIpc) is 3.12. The lowest BCUT2D eigenvalue weighted by Gasteiger charge is -2.06. The molecule has 2 aromatic heterocycles. The number of hydrogen-bond donors (Lipinski definition) is 1. The Morgan fingerprint density at radius 1 is 1.12 bits per heavy atom. The van der Waals surface area contributed by atoms with Crippen LogP contribution in [0.4, 0.5) is 5.82 Å². The van der Waals surface area contributed by atoms with Crippen molar-refractivity contribution in [3.63, 3.8) is 0 Å². The van der Waals surface area contributed by atoms with E-state index in [4.69, 9.17) is 4.74 Å². The molecule has 0 unspecified atom stereocenters. The van der Waals surface area contributed by atoms with Crippen LogP contribution in [0.5, 0.6) is 5.75 Å². The van der Waals surface area contributed by atoms with Gasteiger partial charge in [-0.1, -0.05) is 24.3 Å². The Kier molecular flexibility index (Phi) is 3.51. The predicted molar refractivity (Wildman–Crippen MR) is 92.5 cm³/mol. The molecule has 0 saturated heterocycles. The molecule has 118 valence electrons. The van der Waals surface area contributed by atoms with E-state index in [1.807, 2.05) is 52.9 Å². The van der Waals surface area contributed by atoms with E-state index < -0.39 is 0 Å². The normalized spacial score (nSPS) is 11.4. The van der Waals surface area contributed by atoms with Crippen molar-refractivity contribution < 1.29 is 4.74 Å². The largest absolute Gasteiger partial charge is 0.496 e. The van der Waals surface area contributed by atoms with Crippen molar-refractivity contribution in [2.24, 2.45) is 5.10 Å². The summed E-state index contributed by atoms with van der Waals surface area (Å²) < 4.78 is 7.18. The number of nitrogens with zero attached hydrogens (tertiary/aromatic N) is 5. The van der Waals surface area contributed by atoms with Crippen molar-refractivity contribution >= 4 is 28.7 Å². The minimum atomic E-state index is 0.539. The van der Waals surface area contributed by atoms with Gasteiger partial charge in [0.2, 0.25) is 5.65 Å². The zero-order chi connectivity index (χ0) is 16.4. The van der Waals surface area contributed by atoms with Crippen LogP contribution in [0.2, 0.25) is 0 Å². The molecule has 0 atom stereocenters. The number of para-hydroxylation sites is 3. The Morgan fingerprint density at radius 2 is 1.96 bits per heavy atom. The molecule has 2 aromatic carbocycles. The number of ether oxygens (including phenoxy) is 1. The molecule has 0 saturated carbocycles. The summed E-state index contributed by atoms with van der Waals surface area (Å²) >= 11 is 0. The molecule has 1 N–H and O–H groups in total. The predicted octanol–water partition coefficient (Wildman–Crippen LogP) is 2.73. The summed E-state index contributed by atoms with van der Waals surface area (Å²) in [4.78, 5) is 4.57. The van der Waals surface area contributed by atoms with Gasteiger partial charge in [0.1, 0.15) is 12.1 Å². The molecular formula is C17H14N6O. The average molecular weight is 318 g/mol. The Labute approximate surface area is 137 Å². The van der Waals surface area contributed by atoms with Crippen molar-refractivity contribution in [3.05, 3.63) is 60.4 Å². The highest BCUT2D eigenvalue weighted by molar-refractivity contribution is 5.85. The van der Waals surface area contributed by atoms with Crippen LogP contribution in [0.3, 0.4) is 0 Å². The van der Waals surface area contributed by atoms with E-state index in [1.54, 1.807) is 19.7 Å². The monoisotopic (exact) mass is 318 g/mol. The van der Waals surface area contributed by atoms with Gasteiger partial charge in [0.25, 0.3) is 0 Å². The van der Waals surface area contributed by atoms with Gasteiger partial charge in [-0.2, -0.15) is 5.10 Å². The van der Waals surface area contributed by atoms with Crippen LogP contribution in [0.1, 0.15) is 5.56 Å². The smallest absolute Gasteiger partial charge is 0.205 e. The number of benzene rings is 2. The Balaban J connectivity index is 1.71. The number of hydrogen-bond acceptors (Lipinski definition) is 6. The maximum atomic E-state index is 5.30. The van der Waals surface area contributed by atoms with E-state index >= 15 is 0 Å². The molecule has 0 amide bonds. The minimum Gasteiger partial charge on any atom is -0.496 e. The highest BCUT2D eigenvalue weighted by Gasteiger charge is 2.09. The van der Waals surface area contributed by atoms with Crippen LogP contribution in [0, 0.1) is 0 Å². The highest BCUT2D eigenvalue weighted by Crippen LogP contribution is 2.20. The molecule has 0 spiro atoms. The van der Waals surface area contributed by atoms with Gasteiger partial charge >= 0.3 is 0 Å². The number of methoxy groups -OCH3 is 1. The second-order valence-electron chi connectivity index (χ2n) is 5.09. The first-order valence-corrected chi connectivity index (χ1v) is 7.37. The third kappa shape index (κ3) is 2.41. The maximum absolute atomic E-state index is 5.30. The van der Waals surface area contributed by atoms with Gasteiger partial charge in [0.15, 0.2) is 5.82 Å². The van der Waals surface area contributed by atoms with E-state index in [9.17, 15) is 0 Å². The Bertz CT molecular complexity index is 1040. The number of anilines is 1. The number of nitrogens with one attached hydrogen (secondary N) is 1. The van der Waals surface area contributed by atoms with Crippen molar-refractivity contribution in [1.29, 1.82) is 0 Å². The van der Waals surface area contributed by atoms with Gasteiger partial charge in [-0.15, -0.1) is 10.2 Å². The second-order valence-corrected chi connectivity index (χ2v) is 5.09. The van der Waals surface area contributed by atoms with Gasteiger partial charge in [-0.3, -0.25) is 9.83 Å². The van der Waals surface area contributed by atoms with Crippen LogP contribution in [-0.2, 0) is 0 Å². The topological polar surface area (TPSA) is 76.7 Å². The quantitative estimate of drug-likeness (QED) is 0.462. The molecule has 4 rings (SSSR count). The molecular weight excluding hydrogens is 304 g/mol. The van der Waals surface area contributed by atoms with Gasteiger partial charge in [-0.25, -0.2) is 4.98 Å². The third-order valence-electron chi connectivity index (χ3n) is 3.65. The van der Waals surface area contributed by atoms with Gasteiger partial charge in [0.05, 0.1) is 24.4 Å². The van der Waals surface area contributed by atoms with Crippen molar-refractivity contribution in [1.82, 2.24) is 19.6 Å². The molecule has 4 aromatic rings. The van der Waals surface area contributed by atoms with Gasteiger partial charge in [0, 0.05) is 5.56 Å². The first kappa shape index (κ1) is 14.1. The van der Waals surface area contributed by atoms with E-state index in [0.29, 0.717) is 11.5 Å². The number of hydrazone groups is 1. The first-order chi connectivity index (χ1) is 11.9. The number of aromatic nitrogens is 4. The van der Waals surface area contributed by atoms with Gasteiger partial charge in [-0.05, 0) is 24.3 Å². The molecule has 24 heavy (non-hydrogen) atoms. The molecule has 2 heterocycles.